The van der Waals surface area contributed by atoms with Crippen molar-refractivity contribution < 1.29 is 23.9 Å². The van der Waals surface area contributed by atoms with Crippen LogP contribution in [0.15, 0.2) is 48.5 Å². The highest BCUT2D eigenvalue weighted by Crippen LogP contribution is 2.41. The second-order valence-corrected chi connectivity index (χ2v) is 9.41. The van der Waals surface area contributed by atoms with Gasteiger partial charge in [0.25, 0.3) is 5.91 Å². The van der Waals surface area contributed by atoms with Crippen molar-refractivity contribution in [2.45, 2.75) is 50.4 Å². The molecule has 0 bridgehead atoms. The van der Waals surface area contributed by atoms with Crippen LogP contribution in [-0.4, -0.2) is 66.5 Å². The number of carbonyl (C=O) groups is 3. The van der Waals surface area contributed by atoms with E-state index in [9.17, 15) is 14.4 Å². The topological polar surface area (TPSA) is 88.2 Å². The molecule has 2 aromatic carbocycles. The second kappa shape index (κ2) is 10.1. The number of amides is 3. The van der Waals surface area contributed by atoms with Crippen LogP contribution in [-0.2, 0) is 20.9 Å². The fourth-order valence-electron chi connectivity index (χ4n) is 4.98. The van der Waals surface area contributed by atoms with Crippen molar-refractivity contribution in [1.82, 2.24) is 15.1 Å². The summed E-state index contributed by atoms with van der Waals surface area (Å²) in [5.41, 5.74) is 2.23. The van der Waals surface area contributed by atoms with Crippen LogP contribution in [0.2, 0.25) is 0 Å². The molecule has 3 aliphatic rings. The van der Waals surface area contributed by atoms with Crippen LogP contribution in [0.4, 0.5) is 0 Å². The number of hydrogen-bond acceptors (Lipinski definition) is 5. The molecular weight excluding hydrogens is 446 g/mol. The average Bonchev–Trinajstić information content (AvgIpc) is 3.50. The number of methoxy groups -OCH3 is 1. The van der Waals surface area contributed by atoms with E-state index >= 15 is 0 Å². The Kier molecular flexibility index (Phi) is 6.72. The summed E-state index contributed by atoms with van der Waals surface area (Å²) in [6.07, 6.45) is 3.68. The molecule has 8 nitrogen and oxygen atoms in total. The van der Waals surface area contributed by atoms with E-state index in [1.165, 1.54) is 0 Å². The summed E-state index contributed by atoms with van der Waals surface area (Å²) in [5.74, 6) is 0.118. The summed E-state index contributed by atoms with van der Waals surface area (Å²) in [6.45, 7) is 1.42. The Hall–Kier alpha value is -3.39. The molecule has 0 aromatic heterocycles. The molecule has 1 saturated carbocycles. The van der Waals surface area contributed by atoms with Crippen molar-refractivity contribution in [3.8, 4) is 5.75 Å². The van der Waals surface area contributed by atoms with Gasteiger partial charge in [0, 0.05) is 31.3 Å². The minimum atomic E-state index is -0.691. The highest BCUT2D eigenvalue weighted by Gasteiger charge is 2.47. The Labute approximate surface area is 205 Å². The summed E-state index contributed by atoms with van der Waals surface area (Å²) in [4.78, 5) is 42.9. The number of nitrogens with one attached hydrogen (secondary N) is 1. The highest BCUT2D eigenvalue weighted by atomic mass is 16.5. The maximum Gasteiger partial charge on any atom is 0.255 e. The molecule has 184 valence electrons. The first-order valence-electron chi connectivity index (χ1n) is 12.3. The first-order chi connectivity index (χ1) is 17.0. The Morgan fingerprint density at radius 1 is 1.14 bits per heavy atom. The lowest BCUT2D eigenvalue weighted by atomic mass is 10.0. The number of fused-ring (bicyclic) bond motifs is 1. The first-order valence-corrected chi connectivity index (χ1v) is 12.3. The zero-order chi connectivity index (χ0) is 24.4. The number of carbonyl (C=O) groups excluding carboxylic acids is 3. The molecule has 1 N–H and O–H groups in total. The van der Waals surface area contributed by atoms with Gasteiger partial charge in [-0.2, -0.15) is 0 Å². The molecule has 1 aliphatic carbocycles. The molecule has 2 heterocycles. The summed E-state index contributed by atoms with van der Waals surface area (Å²) in [6, 6.07) is 14.3. The Balaban J connectivity index is 1.28. The van der Waals surface area contributed by atoms with Crippen molar-refractivity contribution in [3.05, 3.63) is 65.2 Å². The Bertz CT molecular complexity index is 1110. The van der Waals surface area contributed by atoms with E-state index in [-0.39, 0.29) is 36.4 Å². The fourth-order valence-corrected chi connectivity index (χ4v) is 4.98. The van der Waals surface area contributed by atoms with Crippen molar-refractivity contribution in [2.75, 3.05) is 26.8 Å². The summed E-state index contributed by atoms with van der Waals surface area (Å²) in [7, 11) is 1.61. The molecular formula is C27H31N3O5. The van der Waals surface area contributed by atoms with E-state index in [4.69, 9.17) is 9.47 Å². The third-order valence-electron chi connectivity index (χ3n) is 6.91. The molecule has 2 unspecified atom stereocenters. The molecule has 3 amide bonds. The molecule has 5 rings (SSSR count). The van der Waals surface area contributed by atoms with Crippen LogP contribution >= 0.6 is 0 Å². The molecule has 2 atom stereocenters. The SMILES string of the molecule is COc1cccc(CN(CC2CCCO2)C(=O)CNC(=O)C2c3ccccc3C(=O)N2C2CC2)c1. The highest BCUT2D eigenvalue weighted by molar-refractivity contribution is 6.05. The van der Waals surface area contributed by atoms with E-state index in [0.717, 1.165) is 37.0 Å². The Morgan fingerprint density at radius 2 is 1.97 bits per heavy atom. The van der Waals surface area contributed by atoms with Crippen LogP contribution in [0.5, 0.6) is 5.75 Å². The van der Waals surface area contributed by atoms with Crippen LogP contribution in [0.3, 0.4) is 0 Å². The maximum absolute atomic E-state index is 13.3. The van der Waals surface area contributed by atoms with Gasteiger partial charge >= 0.3 is 0 Å². The van der Waals surface area contributed by atoms with E-state index in [1.807, 2.05) is 42.5 Å². The van der Waals surface area contributed by atoms with Gasteiger partial charge in [0.1, 0.15) is 11.8 Å². The standard InChI is InChI=1S/C27H31N3O5/c1-34-20-7-4-6-18(14-20)16-29(17-21-8-5-13-35-21)24(31)15-28-26(32)25-22-9-2-3-10-23(22)27(33)30(25)19-11-12-19/h2-4,6-7,9-10,14,19,21,25H,5,8,11-13,15-17H2,1H3,(H,28,32). The number of ether oxygens (including phenoxy) is 2. The zero-order valence-electron chi connectivity index (χ0n) is 19.9. The van der Waals surface area contributed by atoms with Crippen molar-refractivity contribution in [3.63, 3.8) is 0 Å². The van der Waals surface area contributed by atoms with Gasteiger partial charge in [0.2, 0.25) is 11.8 Å². The van der Waals surface area contributed by atoms with Crippen molar-refractivity contribution >= 4 is 17.7 Å². The van der Waals surface area contributed by atoms with E-state index in [0.29, 0.717) is 30.8 Å². The number of hydrogen-bond donors (Lipinski definition) is 1. The lowest BCUT2D eigenvalue weighted by molar-refractivity contribution is -0.135. The first kappa shape index (κ1) is 23.4. The van der Waals surface area contributed by atoms with Gasteiger partial charge in [-0.05, 0) is 55.0 Å². The largest absolute Gasteiger partial charge is 0.497 e. The lowest BCUT2D eigenvalue weighted by Crippen LogP contribution is -2.46. The molecule has 2 fully saturated rings. The van der Waals surface area contributed by atoms with Gasteiger partial charge in [0.05, 0.1) is 19.8 Å². The van der Waals surface area contributed by atoms with Gasteiger partial charge in [-0.15, -0.1) is 0 Å². The van der Waals surface area contributed by atoms with Crippen molar-refractivity contribution in [2.24, 2.45) is 0 Å². The lowest BCUT2D eigenvalue weighted by Gasteiger charge is -2.27. The maximum atomic E-state index is 13.3. The van der Waals surface area contributed by atoms with Gasteiger partial charge in [-0.1, -0.05) is 30.3 Å². The monoisotopic (exact) mass is 477 g/mol. The molecule has 8 heteroatoms. The van der Waals surface area contributed by atoms with Gasteiger partial charge in [0.15, 0.2) is 0 Å². The van der Waals surface area contributed by atoms with Crippen LogP contribution in [0, 0.1) is 0 Å². The molecule has 0 radical (unpaired) electrons. The van der Waals surface area contributed by atoms with Crippen LogP contribution < -0.4 is 10.1 Å². The van der Waals surface area contributed by atoms with Gasteiger partial charge < -0.3 is 24.6 Å². The number of benzene rings is 2. The predicted octanol–water partition coefficient (Wildman–Crippen LogP) is 2.68. The third-order valence-corrected chi connectivity index (χ3v) is 6.91. The average molecular weight is 478 g/mol. The molecule has 0 spiro atoms. The van der Waals surface area contributed by atoms with Crippen LogP contribution in [0.1, 0.15) is 53.2 Å². The van der Waals surface area contributed by atoms with E-state index in [2.05, 4.69) is 5.32 Å². The minimum Gasteiger partial charge on any atom is -0.497 e. The summed E-state index contributed by atoms with van der Waals surface area (Å²) in [5, 5.41) is 2.82. The number of rotatable bonds is 9. The van der Waals surface area contributed by atoms with Gasteiger partial charge in [-0.25, -0.2) is 0 Å². The molecule has 2 aliphatic heterocycles. The molecule has 2 aromatic rings. The number of nitrogens with zero attached hydrogens (tertiary/aromatic N) is 2. The molecule has 1 saturated heterocycles. The quantitative estimate of drug-likeness (QED) is 0.600. The molecule has 35 heavy (non-hydrogen) atoms. The Morgan fingerprint density at radius 3 is 2.71 bits per heavy atom. The van der Waals surface area contributed by atoms with Crippen LogP contribution in [0.25, 0.3) is 0 Å². The summed E-state index contributed by atoms with van der Waals surface area (Å²) >= 11 is 0. The fraction of sp³-hybridized carbons (Fsp3) is 0.444. The van der Waals surface area contributed by atoms with E-state index < -0.39 is 6.04 Å². The smallest absolute Gasteiger partial charge is 0.255 e. The summed E-state index contributed by atoms with van der Waals surface area (Å²) < 4.78 is 11.1. The zero-order valence-corrected chi connectivity index (χ0v) is 19.9. The normalized spacial score (nSPS) is 21.1. The van der Waals surface area contributed by atoms with Gasteiger partial charge in [-0.3, -0.25) is 14.4 Å². The predicted molar refractivity (Wildman–Crippen MR) is 129 cm³/mol. The third kappa shape index (κ3) is 5.03. The minimum absolute atomic E-state index is 0.00931. The van der Waals surface area contributed by atoms with E-state index in [1.54, 1.807) is 23.0 Å². The second-order valence-electron chi connectivity index (χ2n) is 9.41. The van der Waals surface area contributed by atoms with Crippen molar-refractivity contribution in [1.29, 1.82) is 0 Å².